The number of rotatable bonds is 9. The first-order valence-electron chi connectivity index (χ1n) is 8.73. The van der Waals surface area contributed by atoms with E-state index in [9.17, 15) is 10.2 Å². The summed E-state index contributed by atoms with van der Waals surface area (Å²) in [6.45, 7) is 5.95. The zero-order valence-electron chi connectivity index (χ0n) is 14.7. The predicted octanol–water partition coefficient (Wildman–Crippen LogP) is 5.00. The van der Waals surface area contributed by atoms with Crippen molar-refractivity contribution in [3.05, 3.63) is 59.7 Å². The van der Waals surface area contributed by atoms with E-state index in [0.29, 0.717) is 0 Å². The molecule has 130 valence electrons. The fourth-order valence-corrected chi connectivity index (χ4v) is 2.99. The summed E-state index contributed by atoms with van der Waals surface area (Å²) in [7, 11) is 0. The largest absolute Gasteiger partial charge is 0.508 e. The molecule has 0 bridgehead atoms. The highest BCUT2D eigenvalue weighted by Gasteiger charge is 2.28. The molecule has 0 radical (unpaired) electrons. The molecule has 0 saturated heterocycles. The van der Waals surface area contributed by atoms with Crippen LogP contribution >= 0.6 is 0 Å². The Labute approximate surface area is 144 Å². The molecule has 2 rings (SSSR count). The van der Waals surface area contributed by atoms with E-state index in [2.05, 4.69) is 13.8 Å². The molecule has 0 aliphatic carbocycles. The van der Waals surface area contributed by atoms with Crippen LogP contribution in [0.5, 0.6) is 11.5 Å². The van der Waals surface area contributed by atoms with Crippen LogP contribution in [0.15, 0.2) is 48.5 Å². The number of hydrogen-bond acceptors (Lipinski definition) is 3. The number of unbranched alkanes of at least 4 members (excludes halogenated alkanes) is 1. The van der Waals surface area contributed by atoms with Gasteiger partial charge in [-0.2, -0.15) is 0 Å². The lowest BCUT2D eigenvalue weighted by molar-refractivity contribution is 0.124. The van der Waals surface area contributed by atoms with Gasteiger partial charge < -0.3 is 14.9 Å². The van der Waals surface area contributed by atoms with Gasteiger partial charge in [0.2, 0.25) is 0 Å². The topological polar surface area (TPSA) is 49.7 Å². The van der Waals surface area contributed by atoms with E-state index >= 15 is 0 Å². The third-order valence-electron chi connectivity index (χ3n) is 4.62. The van der Waals surface area contributed by atoms with E-state index < -0.39 is 0 Å². The fourth-order valence-electron chi connectivity index (χ4n) is 2.99. The van der Waals surface area contributed by atoms with Crippen molar-refractivity contribution in [1.82, 2.24) is 0 Å². The van der Waals surface area contributed by atoms with E-state index in [-0.39, 0.29) is 16.9 Å². The molecule has 3 heteroatoms. The highest BCUT2D eigenvalue weighted by Crippen LogP contribution is 2.37. The quantitative estimate of drug-likeness (QED) is 0.637. The number of benzene rings is 2. The summed E-state index contributed by atoms with van der Waals surface area (Å²) in [6.07, 6.45) is 4.16. The lowest BCUT2D eigenvalue weighted by Gasteiger charge is -2.31. The number of hydrogen-bond donors (Lipinski definition) is 2. The smallest absolute Gasteiger partial charge is 0.115 e. The van der Waals surface area contributed by atoms with Crippen LogP contribution in [0, 0.1) is 0 Å². The Kier molecular flexibility index (Phi) is 6.68. The van der Waals surface area contributed by atoms with Gasteiger partial charge in [-0.3, -0.25) is 0 Å². The van der Waals surface area contributed by atoms with E-state index in [4.69, 9.17) is 4.74 Å². The Bertz CT molecular complexity index is 556. The van der Waals surface area contributed by atoms with Gasteiger partial charge in [0.1, 0.15) is 11.5 Å². The summed E-state index contributed by atoms with van der Waals surface area (Å²) in [5.74, 6) is 0.546. The summed E-state index contributed by atoms with van der Waals surface area (Å²) < 4.78 is 5.70. The molecule has 0 amide bonds. The van der Waals surface area contributed by atoms with Gasteiger partial charge in [0.15, 0.2) is 0 Å². The molecule has 2 aromatic carbocycles. The highest BCUT2D eigenvalue weighted by atomic mass is 16.5. The van der Waals surface area contributed by atoms with Crippen LogP contribution in [0.1, 0.15) is 50.7 Å². The van der Waals surface area contributed by atoms with Crippen LogP contribution in [0.3, 0.4) is 0 Å². The van der Waals surface area contributed by atoms with Gasteiger partial charge in [-0.15, -0.1) is 0 Å². The zero-order chi connectivity index (χ0) is 17.4. The first-order chi connectivity index (χ1) is 11.6. The molecule has 0 aliphatic heterocycles. The Balaban J connectivity index is 2.15. The fraction of sp³-hybridized carbons (Fsp3) is 0.429. The van der Waals surface area contributed by atoms with E-state index in [1.165, 1.54) is 0 Å². The van der Waals surface area contributed by atoms with Crippen LogP contribution in [0.2, 0.25) is 0 Å². The maximum atomic E-state index is 9.57. The Morgan fingerprint density at radius 2 is 1.25 bits per heavy atom. The van der Waals surface area contributed by atoms with E-state index in [0.717, 1.165) is 50.0 Å². The predicted molar refractivity (Wildman–Crippen MR) is 97.6 cm³/mol. The van der Waals surface area contributed by atoms with Gasteiger partial charge in [-0.25, -0.2) is 0 Å². The zero-order valence-corrected chi connectivity index (χ0v) is 14.7. The molecule has 0 unspecified atom stereocenters. The molecular weight excluding hydrogens is 300 g/mol. The summed E-state index contributed by atoms with van der Waals surface area (Å²) in [6, 6.07) is 14.8. The van der Waals surface area contributed by atoms with E-state index in [1.54, 1.807) is 24.3 Å². The van der Waals surface area contributed by atoms with Gasteiger partial charge in [0, 0.05) is 18.6 Å². The third-order valence-corrected chi connectivity index (χ3v) is 4.62. The number of ether oxygens (including phenoxy) is 1. The normalized spacial score (nSPS) is 11.6. The monoisotopic (exact) mass is 328 g/mol. The third kappa shape index (κ3) is 4.75. The van der Waals surface area contributed by atoms with Crippen molar-refractivity contribution in [1.29, 1.82) is 0 Å². The molecule has 0 fully saturated rings. The van der Waals surface area contributed by atoms with Crippen molar-refractivity contribution < 1.29 is 14.9 Å². The van der Waals surface area contributed by atoms with Crippen molar-refractivity contribution >= 4 is 0 Å². The van der Waals surface area contributed by atoms with Gasteiger partial charge >= 0.3 is 0 Å². The van der Waals surface area contributed by atoms with Crippen LogP contribution in [-0.2, 0) is 10.2 Å². The average Bonchev–Trinajstić information content (AvgIpc) is 2.59. The average molecular weight is 328 g/mol. The van der Waals surface area contributed by atoms with Crippen molar-refractivity contribution in [3.63, 3.8) is 0 Å². The first kappa shape index (κ1) is 18.3. The van der Waals surface area contributed by atoms with Gasteiger partial charge in [-0.05, 0) is 54.7 Å². The molecule has 0 atom stereocenters. The minimum atomic E-state index is -0.185. The van der Waals surface area contributed by atoms with Crippen LogP contribution < -0.4 is 0 Å². The van der Waals surface area contributed by atoms with Crippen LogP contribution in [0.4, 0.5) is 0 Å². The van der Waals surface area contributed by atoms with Crippen molar-refractivity contribution in [2.24, 2.45) is 0 Å². The first-order valence-corrected chi connectivity index (χ1v) is 8.73. The lowest BCUT2D eigenvalue weighted by Crippen LogP contribution is -2.24. The maximum Gasteiger partial charge on any atom is 0.115 e. The molecular formula is C21H28O3. The van der Waals surface area contributed by atoms with E-state index in [1.807, 2.05) is 24.3 Å². The van der Waals surface area contributed by atoms with Crippen molar-refractivity contribution in [3.8, 4) is 11.5 Å². The Morgan fingerprint density at radius 1 is 0.792 bits per heavy atom. The minimum Gasteiger partial charge on any atom is -0.508 e. The van der Waals surface area contributed by atoms with Crippen LogP contribution in [-0.4, -0.2) is 23.4 Å². The van der Waals surface area contributed by atoms with Crippen molar-refractivity contribution in [2.75, 3.05) is 13.2 Å². The molecule has 0 aromatic heterocycles. The molecule has 0 spiro atoms. The number of phenolic OH excluding ortho intramolecular Hbond substituents is 2. The van der Waals surface area contributed by atoms with Gasteiger partial charge in [0.05, 0.1) is 0 Å². The number of phenols is 2. The molecule has 0 saturated carbocycles. The Morgan fingerprint density at radius 3 is 1.71 bits per heavy atom. The molecule has 24 heavy (non-hydrogen) atoms. The molecule has 0 aliphatic rings. The van der Waals surface area contributed by atoms with Crippen molar-refractivity contribution in [2.45, 2.75) is 44.9 Å². The second-order valence-electron chi connectivity index (χ2n) is 6.50. The molecule has 2 aromatic rings. The summed E-state index contributed by atoms with van der Waals surface area (Å²) in [5.41, 5.74) is 2.12. The number of aromatic hydroxyl groups is 2. The molecule has 3 nitrogen and oxygen atoms in total. The molecule has 2 N–H and O–H groups in total. The SMILES string of the molecule is CCCCOCCCC(C)(c1ccc(O)cc1)c1ccc(O)cc1. The summed E-state index contributed by atoms with van der Waals surface area (Å²) >= 11 is 0. The standard InChI is InChI=1S/C21H28O3/c1-3-4-15-24-16-5-14-21(2,17-6-10-19(22)11-7-17)18-8-12-20(23)13-9-18/h6-13,22-23H,3-5,14-16H2,1-2H3. The lowest BCUT2D eigenvalue weighted by atomic mass is 9.73. The minimum absolute atomic E-state index is 0.185. The summed E-state index contributed by atoms with van der Waals surface area (Å²) in [4.78, 5) is 0. The van der Waals surface area contributed by atoms with Crippen LogP contribution in [0.25, 0.3) is 0 Å². The Hall–Kier alpha value is -2.00. The summed E-state index contributed by atoms with van der Waals surface area (Å²) in [5, 5.41) is 19.1. The van der Waals surface area contributed by atoms with Gasteiger partial charge in [-0.1, -0.05) is 44.5 Å². The second-order valence-corrected chi connectivity index (χ2v) is 6.50. The maximum absolute atomic E-state index is 9.57. The second kappa shape index (κ2) is 8.74. The molecule has 0 heterocycles. The highest BCUT2D eigenvalue weighted by molar-refractivity contribution is 5.42. The van der Waals surface area contributed by atoms with Gasteiger partial charge in [0.25, 0.3) is 0 Å².